The minimum absolute atomic E-state index is 0.0379. The topological polar surface area (TPSA) is 78.5 Å². The van der Waals surface area contributed by atoms with Crippen molar-refractivity contribution in [3.05, 3.63) is 35.4 Å². The van der Waals surface area contributed by atoms with Gasteiger partial charge in [-0.15, -0.1) is 0 Å². The zero-order valence-corrected chi connectivity index (χ0v) is 20.6. The van der Waals surface area contributed by atoms with Gasteiger partial charge in [0.2, 0.25) is 5.91 Å². The standard InChI is InChI=1S/C26H39N3O3/c1-16(2)19-8-10-20(11-9-19)22(17(3)4)27-21(30)14-29-23(31)26(28-24(29)32)13-18(5)12-25(6,7)15-26/h8-11,16-18,22H,12-15H2,1-7H3,(H,27,30)(H,28,32). The van der Waals surface area contributed by atoms with Crippen LogP contribution in [0, 0.1) is 17.3 Å². The van der Waals surface area contributed by atoms with Gasteiger partial charge in [0.05, 0.1) is 6.04 Å². The Morgan fingerprint density at radius 2 is 1.69 bits per heavy atom. The molecule has 176 valence electrons. The van der Waals surface area contributed by atoms with Crippen LogP contribution in [0.1, 0.15) is 90.8 Å². The van der Waals surface area contributed by atoms with Crippen LogP contribution in [0.2, 0.25) is 0 Å². The normalized spacial score (nSPS) is 26.0. The number of imide groups is 1. The molecule has 3 atom stereocenters. The summed E-state index contributed by atoms with van der Waals surface area (Å²) in [5, 5.41) is 6.00. The zero-order chi connectivity index (χ0) is 23.8. The molecule has 6 nitrogen and oxygen atoms in total. The summed E-state index contributed by atoms with van der Waals surface area (Å²) >= 11 is 0. The van der Waals surface area contributed by atoms with Gasteiger partial charge >= 0.3 is 6.03 Å². The molecule has 2 N–H and O–H groups in total. The van der Waals surface area contributed by atoms with Gasteiger partial charge in [0, 0.05) is 0 Å². The third-order valence-corrected chi connectivity index (χ3v) is 6.87. The molecule has 3 rings (SSSR count). The zero-order valence-electron chi connectivity index (χ0n) is 20.6. The lowest BCUT2D eigenvalue weighted by Crippen LogP contribution is -2.54. The van der Waals surface area contributed by atoms with Gasteiger partial charge in [0.25, 0.3) is 5.91 Å². The molecular weight excluding hydrogens is 402 g/mol. The van der Waals surface area contributed by atoms with Crippen molar-refractivity contribution >= 4 is 17.8 Å². The number of urea groups is 1. The van der Waals surface area contributed by atoms with Gasteiger partial charge in [0.15, 0.2) is 0 Å². The molecule has 1 saturated heterocycles. The quantitative estimate of drug-likeness (QED) is 0.625. The molecule has 1 aromatic rings. The van der Waals surface area contributed by atoms with E-state index in [1.807, 2.05) is 0 Å². The van der Waals surface area contributed by atoms with Crippen LogP contribution < -0.4 is 10.6 Å². The average Bonchev–Trinajstić information content (AvgIpc) is 2.87. The number of carbonyl (C=O) groups excluding carboxylic acids is 3. The van der Waals surface area contributed by atoms with E-state index in [1.165, 1.54) is 5.56 Å². The lowest BCUT2D eigenvalue weighted by Gasteiger charge is -2.43. The van der Waals surface area contributed by atoms with Gasteiger partial charge in [-0.25, -0.2) is 4.79 Å². The van der Waals surface area contributed by atoms with Crippen molar-refractivity contribution in [2.24, 2.45) is 17.3 Å². The average molecular weight is 442 g/mol. The van der Waals surface area contributed by atoms with E-state index in [2.05, 4.69) is 83.4 Å². The van der Waals surface area contributed by atoms with Crippen LogP contribution in [0.15, 0.2) is 24.3 Å². The largest absolute Gasteiger partial charge is 0.347 e. The van der Waals surface area contributed by atoms with Crippen LogP contribution in [0.5, 0.6) is 0 Å². The van der Waals surface area contributed by atoms with E-state index < -0.39 is 11.6 Å². The molecule has 2 aliphatic rings. The molecule has 4 amide bonds. The maximum atomic E-state index is 13.3. The van der Waals surface area contributed by atoms with Crippen LogP contribution in [-0.2, 0) is 9.59 Å². The third-order valence-electron chi connectivity index (χ3n) is 6.87. The van der Waals surface area contributed by atoms with Crippen LogP contribution in [0.25, 0.3) is 0 Å². The first-order valence-electron chi connectivity index (χ1n) is 11.9. The lowest BCUT2D eigenvalue weighted by atomic mass is 9.64. The Bertz CT molecular complexity index is 875. The lowest BCUT2D eigenvalue weighted by molar-refractivity contribution is -0.137. The predicted octanol–water partition coefficient (Wildman–Crippen LogP) is 4.76. The monoisotopic (exact) mass is 441 g/mol. The van der Waals surface area contributed by atoms with Gasteiger partial charge in [-0.05, 0) is 53.6 Å². The summed E-state index contributed by atoms with van der Waals surface area (Å²) in [4.78, 5) is 40.1. The minimum atomic E-state index is -0.886. The fraction of sp³-hybridized carbons (Fsp3) is 0.654. The van der Waals surface area contributed by atoms with Gasteiger partial charge < -0.3 is 10.6 Å². The Labute approximate surface area is 192 Å². The Morgan fingerprint density at radius 3 is 2.22 bits per heavy atom. The van der Waals surface area contributed by atoms with Crippen molar-refractivity contribution in [1.82, 2.24) is 15.5 Å². The van der Waals surface area contributed by atoms with Gasteiger partial charge in [-0.2, -0.15) is 0 Å². The summed E-state index contributed by atoms with van der Waals surface area (Å²) in [6, 6.07) is 7.64. The highest BCUT2D eigenvalue weighted by Gasteiger charge is 2.56. The number of rotatable bonds is 6. The number of benzene rings is 1. The van der Waals surface area contributed by atoms with E-state index in [4.69, 9.17) is 0 Å². The van der Waals surface area contributed by atoms with Crippen molar-refractivity contribution in [2.75, 3.05) is 6.54 Å². The molecule has 1 saturated carbocycles. The highest BCUT2D eigenvalue weighted by Crippen LogP contribution is 2.46. The number of carbonyl (C=O) groups is 3. The van der Waals surface area contributed by atoms with Gasteiger partial charge in [-0.3, -0.25) is 14.5 Å². The summed E-state index contributed by atoms with van der Waals surface area (Å²) < 4.78 is 0. The second kappa shape index (κ2) is 8.87. The third kappa shape index (κ3) is 5.00. The number of amides is 4. The molecule has 1 spiro atoms. The fourth-order valence-corrected chi connectivity index (χ4v) is 5.74. The molecule has 0 aromatic heterocycles. The number of hydrogen-bond donors (Lipinski definition) is 2. The van der Waals surface area contributed by atoms with Crippen LogP contribution in [0.3, 0.4) is 0 Å². The second-order valence-electron chi connectivity index (χ2n) is 11.4. The molecule has 1 aliphatic carbocycles. The molecule has 1 aromatic carbocycles. The summed E-state index contributed by atoms with van der Waals surface area (Å²) in [7, 11) is 0. The smallest absolute Gasteiger partial charge is 0.325 e. The molecule has 32 heavy (non-hydrogen) atoms. The van der Waals surface area contributed by atoms with E-state index in [9.17, 15) is 14.4 Å². The van der Waals surface area contributed by atoms with Crippen LogP contribution >= 0.6 is 0 Å². The Balaban J connectivity index is 1.71. The number of hydrogen-bond acceptors (Lipinski definition) is 3. The maximum absolute atomic E-state index is 13.3. The molecular formula is C26H39N3O3. The summed E-state index contributed by atoms with van der Waals surface area (Å²) in [5.74, 6) is 0.352. The predicted molar refractivity (Wildman–Crippen MR) is 126 cm³/mol. The van der Waals surface area contributed by atoms with Crippen molar-refractivity contribution in [3.8, 4) is 0 Å². The summed E-state index contributed by atoms with van der Waals surface area (Å²) in [6.07, 6.45) is 2.24. The first kappa shape index (κ1) is 24.3. The van der Waals surface area contributed by atoms with E-state index in [1.54, 1.807) is 0 Å². The SMILES string of the molecule is CC1CC(C)(C)CC2(C1)NC(=O)N(CC(=O)NC(c1ccc(C(C)C)cc1)C(C)C)C2=O. The van der Waals surface area contributed by atoms with Gasteiger partial charge in [-0.1, -0.05) is 72.7 Å². The molecule has 0 radical (unpaired) electrons. The molecule has 0 bridgehead atoms. The van der Waals surface area contributed by atoms with E-state index >= 15 is 0 Å². The van der Waals surface area contributed by atoms with E-state index in [0.717, 1.165) is 16.9 Å². The molecule has 1 heterocycles. The van der Waals surface area contributed by atoms with Crippen molar-refractivity contribution < 1.29 is 14.4 Å². The van der Waals surface area contributed by atoms with Crippen LogP contribution in [0.4, 0.5) is 4.79 Å². The highest BCUT2D eigenvalue weighted by atomic mass is 16.2. The second-order valence-corrected chi connectivity index (χ2v) is 11.4. The van der Waals surface area contributed by atoms with Crippen molar-refractivity contribution in [3.63, 3.8) is 0 Å². The van der Waals surface area contributed by atoms with E-state index in [-0.39, 0.29) is 35.7 Å². The van der Waals surface area contributed by atoms with Crippen LogP contribution in [-0.4, -0.2) is 34.8 Å². The van der Waals surface area contributed by atoms with Gasteiger partial charge in [0.1, 0.15) is 12.1 Å². The van der Waals surface area contributed by atoms with E-state index in [0.29, 0.717) is 24.7 Å². The van der Waals surface area contributed by atoms with Crippen molar-refractivity contribution in [2.45, 2.75) is 85.2 Å². The summed E-state index contributed by atoms with van der Waals surface area (Å²) in [6.45, 7) is 14.5. The summed E-state index contributed by atoms with van der Waals surface area (Å²) in [5.41, 5.74) is 1.35. The molecule has 1 aliphatic heterocycles. The minimum Gasteiger partial charge on any atom is -0.347 e. The molecule has 2 fully saturated rings. The Kier molecular flexibility index (Phi) is 6.73. The number of nitrogens with zero attached hydrogens (tertiary/aromatic N) is 1. The maximum Gasteiger partial charge on any atom is 0.325 e. The fourth-order valence-electron chi connectivity index (χ4n) is 5.74. The number of nitrogens with one attached hydrogen (secondary N) is 2. The van der Waals surface area contributed by atoms with Crippen molar-refractivity contribution in [1.29, 1.82) is 0 Å². The molecule has 6 heteroatoms. The first-order chi connectivity index (χ1) is 14.8. The highest BCUT2D eigenvalue weighted by molar-refractivity contribution is 6.09. The molecule has 3 unspecified atom stereocenters. The Hall–Kier alpha value is -2.37. The first-order valence-corrected chi connectivity index (χ1v) is 11.9. The Morgan fingerprint density at radius 1 is 1.09 bits per heavy atom.